The first-order chi connectivity index (χ1) is 11.0. The van der Waals surface area contributed by atoms with Crippen molar-refractivity contribution in [2.45, 2.75) is 19.8 Å². The zero-order valence-electron chi connectivity index (χ0n) is 12.7. The number of aryl methyl sites for hydroxylation is 1. The Balaban J connectivity index is 1.91. The van der Waals surface area contributed by atoms with Gasteiger partial charge in [-0.15, -0.1) is 0 Å². The van der Waals surface area contributed by atoms with Crippen molar-refractivity contribution in [3.8, 4) is 5.75 Å². The maximum absolute atomic E-state index is 13.1. The number of hydrogen-bond acceptors (Lipinski definition) is 3. The average molecular weight is 320 g/mol. The number of carbonyl (C=O) groups is 1. The molecule has 0 fully saturated rings. The molecular weight excluding hydrogens is 302 g/mol. The van der Waals surface area contributed by atoms with Crippen LogP contribution < -0.4 is 15.8 Å². The molecule has 1 amide bonds. The highest BCUT2D eigenvalue weighted by molar-refractivity contribution is 5.90. The predicted octanol–water partition coefficient (Wildman–Crippen LogP) is 3.52. The fraction of sp³-hybridized carbons (Fsp3) is 0.235. The summed E-state index contributed by atoms with van der Waals surface area (Å²) in [6.45, 7) is 2.40. The van der Waals surface area contributed by atoms with Crippen molar-refractivity contribution in [3.63, 3.8) is 0 Å². The summed E-state index contributed by atoms with van der Waals surface area (Å²) < 4.78 is 31.2. The summed E-state index contributed by atoms with van der Waals surface area (Å²) in [5.41, 5.74) is 7.50. The van der Waals surface area contributed by atoms with Crippen LogP contribution in [-0.4, -0.2) is 12.5 Å². The van der Waals surface area contributed by atoms with E-state index in [1.54, 1.807) is 12.1 Å². The van der Waals surface area contributed by atoms with Crippen molar-refractivity contribution < 1.29 is 18.3 Å². The lowest BCUT2D eigenvalue weighted by atomic mass is 10.1. The van der Waals surface area contributed by atoms with E-state index in [2.05, 4.69) is 5.32 Å². The molecule has 0 aromatic heterocycles. The van der Waals surface area contributed by atoms with E-state index in [4.69, 9.17) is 10.5 Å². The summed E-state index contributed by atoms with van der Waals surface area (Å²) in [6, 6.07) is 8.59. The van der Waals surface area contributed by atoms with Gasteiger partial charge in [-0.3, -0.25) is 4.79 Å². The van der Waals surface area contributed by atoms with Gasteiger partial charge in [0.1, 0.15) is 5.75 Å². The molecule has 23 heavy (non-hydrogen) atoms. The minimum absolute atomic E-state index is 0.201. The first kappa shape index (κ1) is 16.7. The van der Waals surface area contributed by atoms with E-state index in [1.807, 2.05) is 13.0 Å². The van der Waals surface area contributed by atoms with Crippen molar-refractivity contribution >= 4 is 17.3 Å². The van der Waals surface area contributed by atoms with E-state index in [1.165, 1.54) is 6.07 Å². The minimum Gasteiger partial charge on any atom is -0.492 e. The number of hydrogen-bond donors (Lipinski definition) is 2. The molecule has 0 aliphatic rings. The van der Waals surface area contributed by atoms with Crippen LogP contribution in [0.5, 0.6) is 5.75 Å². The number of amides is 1. The van der Waals surface area contributed by atoms with Crippen molar-refractivity contribution in [2.75, 3.05) is 17.7 Å². The zero-order chi connectivity index (χ0) is 16.8. The molecule has 0 aliphatic carbocycles. The molecule has 0 saturated carbocycles. The third-order valence-corrected chi connectivity index (χ3v) is 3.22. The van der Waals surface area contributed by atoms with E-state index in [0.717, 1.165) is 17.7 Å². The molecule has 0 heterocycles. The van der Waals surface area contributed by atoms with Crippen LogP contribution in [0, 0.1) is 11.6 Å². The molecule has 0 spiro atoms. The van der Waals surface area contributed by atoms with E-state index >= 15 is 0 Å². The van der Waals surface area contributed by atoms with Crippen LogP contribution in [-0.2, 0) is 11.2 Å². The monoisotopic (exact) mass is 320 g/mol. The minimum atomic E-state index is -0.998. The van der Waals surface area contributed by atoms with Crippen LogP contribution in [0.2, 0.25) is 0 Å². The van der Waals surface area contributed by atoms with Gasteiger partial charge >= 0.3 is 0 Å². The molecule has 2 aromatic rings. The van der Waals surface area contributed by atoms with Gasteiger partial charge in [0.2, 0.25) is 5.91 Å². The molecule has 122 valence electrons. The van der Waals surface area contributed by atoms with Crippen LogP contribution in [0.15, 0.2) is 36.4 Å². The van der Waals surface area contributed by atoms with Gasteiger partial charge in [-0.2, -0.15) is 0 Å². The molecule has 0 saturated heterocycles. The van der Waals surface area contributed by atoms with Crippen molar-refractivity contribution in [3.05, 3.63) is 53.6 Å². The maximum atomic E-state index is 13.1. The maximum Gasteiger partial charge on any atom is 0.224 e. The molecule has 0 unspecified atom stereocenters. The SMILES string of the molecule is CCOc1ccc(CCC(=O)Nc2ccc(F)c(F)c2)cc1N. The molecular formula is C17H18F2N2O2. The molecule has 6 heteroatoms. The highest BCUT2D eigenvalue weighted by atomic mass is 19.2. The highest BCUT2D eigenvalue weighted by Crippen LogP contribution is 2.23. The smallest absolute Gasteiger partial charge is 0.224 e. The number of rotatable bonds is 6. The normalized spacial score (nSPS) is 10.4. The summed E-state index contributed by atoms with van der Waals surface area (Å²) in [5, 5.41) is 2.52. The van der Waals surface area contributed by atoms with Gasteiger partial charge in [-0.05, 0) is 43.2 Å². The second-order valence-electron chi connectivity index (χ2n) is 4.98. The summed E-state index contributed by atoms with van der Waals surface area (Å²) in [6.07, 6.45) is 0.679. The first-order valence-corrected chi connectivity index (χ1v) is 7.25. The van der Waals surface area contributed by atoms with Crippen LogP contribution in [0.3, 0.4) is 0 Å². The number of carbonyl (C=O) groups excluding carboxylic acids is 1. The fourth-order valence-corrected chi connectivity index (χ4v) is 2.10. The van der Waals surface area contributed by atoms with Gasteiger partial charge in [0.25, 0.3) is 0 Å². The van der Waals surface area contributed by atoms with E-state index in [9.17, 15) is 13.6 Å². The Hall–Kier alpha value is -2.63. The lowest BCUT2D eigenvalue weighted by Gasteiger charge is -2.09. The first-order valence-electron chi connectivity index (χ1n) is 7.25. The predicted molar refractivity (Wildman–Crippen MR) is 85.3 cm³/mol. The van der Waals surface area contributed by atoms with E-state index in [0.29, 0.717) is 24.5 Å². The molecule has 0 atom stereocenters. The van der Waals surface area contributed by atoms with Gasteiger partial charge in [0.15, 0.2) is 11.6 Å². The third-order valence-electron chi connectivity index (χ3n) is 3.22. The Bertz CT molecular complexity index is 705. The van der Waals surface area contributed by atoms with Crippen molar-refractivity contribution in [1.29, 1.82) is 0 Å². The Morgan fingerprint density at radius 3 is 2.61 bits per heavy atom. The second kappa shape index (κ2) is 7.58. The average Bonchev–Trinajstić information content (AvgIpc) is 2.51. The number of nitrogens with one attached hydrogen (secondary N) is 1. The Kier molecular flexibility index (Phi) is 5.51. The molecule has 2 rings (SSSR count). The van der Waals surface area contributed by atoms with Gasteiger partial charge in [0, 0.05) is 18.2 Å². The Morgan fingerprint density at radius 1 is 1.17 bits per heavy atom. The number of anilines is 2. The van der Waals surface area contributed by atoms with Gasteiger partial charge in [0.05, 0.1) is 12.3 Å². The van der Waals surface area contributed by atoms with Crippen LogP contribution >= 0.6 is 0 Å². The lowest BCUT2D eigenvalue weighted by molar-refractivity contribution is -0.116. The molecule has 0 bridgehead atoms. The standard InChI is InChI=1S/C17H18F2N2O2/c1-2-23-16-7-3-11(9-15(16)20)4-8-17(22)21-12-5-6-13(18)14(19)10-12/h3,5-7,9-10H,2,4,8,20H2,1H3,(H,21,22). The summed E-state index contributed by atoms with van der Waals surface area (Å²) in [5.74, 6) is -1.62. The number of nitrogen functional groups attached to an aromatic ring is 1. The fourth-order valence-electron chi connectivity index (χ4n) is 2.10. The van der Waals surface area contributed by atoms with Crippen molar-refractivity contribution in [2.24, 2.45) is 0 Å². The Labute approximate surface area is 133 Å². The molecule has 0 aliphatic heterocycles. The van der Waals surface area contributed by atoms with Gasteiger partial charge < -0.3 is 15.8 Å². The van der Waals surface area contributed by atoms with Crippen LogP contribution in [0.1, 0.15) is 18.9 Å². The van der Waals surface area contributed by atoms with Crippen LogP contribution in [0.25, 0.3) is 0 Å². The van der Waals surface area contributed by atoms with Crippen LogP contribution in [0.4, 0.5) is 20.2 Å². The largest absolute Gasteiger partial charge is 0.492 e. The summed E-state index contributed by atoms with van der Waals surface area (Å²) >= 11 is 0. The molecule has 2 aromatic carbocycles. The van der Waals surface area contributed by atoms with Crippen molar-refractivity contribution in [1.82, 2.24) is 0 Å². The number of nitrogens with two attached hydrogens (primary N) is 1. The number of halogens is 2. The highest BCUT2D eigenvalue weighted by Gasteiger charge is 2.08. The molecule has 4 nitrogen and oxygen atoms in total. The third kappa shape index (κ3) is 4.67. The quantitative estimate of drug-likeness (QED) is 0.801. The molecule has 0 radical (unpaired) electrons. The van der Waals surface area contributed by atoms with E-state index in [-0.39, 0.29) is 18.0 Å². The Morgan fingerprint density at radius 2 is 1.96 bits per heavy atom. The summed E-state index contributed by atoms with van der Waals surface area (Å²) in [7, 11) is 0. The van der Waals surface area contributed by atoms with Gasteiger partial charge in [-0.25, -0.2) is 8.78 Å². The number of ether oxygens (including phenoxy) is 1. The topological polar surface area (TPSA) is 64.3 Å². The summed E-state index contributed by atoms with van der Waals surface area (Å²) in [4.78, 5) is 11.9. The zero-order valence-corrected chi connectivity index (χ0v) is 12.7. The van der Waals surface area contributed by atoms with E-state index < -0.39 is 11.6 Å². The molecule has 3 N–H and O–H groups in total. The number of benzene rings is 2. The van der Waals surface area contributed by atoms with Gasteiger partial charge in [-0.1, -0.05) is 6.07 Å². The second-order valence-corrected chi connectivity index (χ2v) is 4.98. The lowest BCUT2D eigenvalue weighted by Crippen LogP contribution is -2.12.